The molecule has 2 heterocycles. The van der Waals surface area contributed by atoms with Gasteiger partial charge in [0.1, 0.15) is 18.1 Å². The Morgan fingerprint density at radius 3 is 2.67 bits per heavy atom. The molecule has 0 aliphatic carbocycles. The summed E-state index contributed by atoms with van der Waals surface area (Å²) >= 11 is 0. The largest absolute Gasteiger partial charge is 0.573 e. The molecule has 2 unspecified atom stereocenters. The van der Waals surface area contributed by atoms with Gasteiger partial charge in [-0.15, -0.1) is 13.2 Å². The maximum atomic E-state index is 12.2. The number of hydrogen-bond acceptors (Lipinski definition) is 7. The fraction of sp³-hybridized carbons (Fsp3) is 0.429. The molecule has 0 radical (unpaired) electrons. The second-order valence-electron chi connectivity index (χ2n) is 5.34. The lowest BCUT2D eigenvalue weighted by atomic mass is 10.1. The zero-order valence-corrected chi connectivity index (χ0v) is 12.6. The number of hydrazine groups is 1. The molecule has 0 aromatic heterocycles. The van der Waals surface area contributed by atoms with Crippen LogP contribution in [0.5, 0.6) is 5.75 Å². The van der Waals surface area contributed by atoms with Gasteiger partial charge < -0.3 is 20.2 Å². The number of aliphatic hydroxyl groups excluding tert-OH is 1. The molecule has 0 bridgehead atoms. The first-order chi connectivity index (χ1) is 11.4. The highest BCUT2D eigenvalue weighted by Gasteiger charge is 2.33. The highest BCUT2D eigenvalue weighted by molar-refractivity contribution is 5.49. The van der Waals surface area contributed by atoms with Gasteiger partial charge >= 0.3 is 6.36 Å². The first kappa shape index (κ1) is 16.8. The van der Waals surface area contributed by atoms with Gasteiger partial charge in [0, 0.05) is 24.1 Å². The second kappa shape index (κ2) is 6.85. The molecule has 2 atom stereocenters. The van der Waals surface area contributed by atoms with E-state index < -0.39 is 6.36 Å². The number of hydrogen-bond donors (Lipinski definition) is 5. The molecule has 24 heavy (non-hydrogen) atoms. The first-order valence-corrected chi connectivity index (χ1v) is 7.39. The zero-order valence-electron chi connectivity index (χ0n) is 12.6. The molecule has 0 saturated carbocycles. The molecule has 3 rings (SSSR count). The molecular formula is C14H18F3N5O2. The number of β-amino-alcohol motifs (C(OH)–C–C–N with tert-alkyl or cyclic N) is 1. The Labute approximate surface area is 136 Å². The van der Waals surface area contributed by atoms with Crippen LogP contribution in [-0.2, 0) is 0 Å². The third-order valence-electron chi connectivity index (χ3n) is 3.62. The van der Waals surface area contributed by atoms with Gasteiger partial charge in [-0.05, 0) is 24.3 Å². The van der Waals surface area contributed by atoms with E-state index in [4.69, 9.17) is 5.11 Å². The number of benzene rings is 1. The van der Waals surface area contributed by atoms with Crippen LogP contribution in [0.3, 0.4) is 0 Å². The number of ether oxygens (including phenoxy) is 1. The van der Waals surface area contributed by atoms with Crippen LogP contribution in [0.4, 0.5) is 18.9 Å². The minimum Gasteiger partial charge on any atom is -0.406 e. The van der Waals surface area contributed by atoms with Gasteiger partial charge in [0.05, 0.1) is 13.2 Å². The van der Waals surface area contributed by atoms with Crippen LogP contribution < -0.4 is 26.1 Å². The van der Waals surface area contributed by atoms with E-state index in [2.05, 4.69) is 26.1 Å². The van der Waals surface area contributed by atoms with Crippen molar-refractivity contribution in [3.05, 3.63) is 36.0 Å². The minimum absolute atomic E-state index is 0.0235. The summed E-state index contributed by atoms with van der Waals surface area (Å²) in [5, 5.41) is 20.5. The van der Waals surface area contributed by atoms with E-state index in [9.17, 15) is 13.2 Å². The van der Waals surface area contributed by atoms with Crippen molar-refractivity contribution < 1.29 is 23.0 Å². The summed E-state index contributed by atoms with van der Waals surface area (Å²) in [5.41, 5.74) is 4.84. The third-order valence-corrected chi connectivity index (χ3v) is 3.62. The van der Waals surface area contributed by atoms with Crippen molar-refractivity contribution in [1.82, 2.24) is 21.1 Å². The predicted molar refractivity (Wildman–Crippen MR) is 80.5 cm³/mol. The SMILES string of the molecule is OCCN1C=C2C(Nc3ccc(OC(F)(F)F)cc3)NCNC2N1. The van der Waals surface area contributed by atoms with Gasteiger partial charge in [0.2, 0.25) is 0 Å². The number of aliphatic hydroxyl groups is 1. The van der Waals surface area contributed by atoms with Crippen molar-refractivity contribution in [3.63, 3.8) is 0 Å². The van der Waals surface area contributed by atoms with Crippen molar-refractivity contribution in [3.8, 4) is 5.75 Å². The standard InChI is InChI=1S/C14H18F3N5O2/c15-14(16,17)24-10-3-1-9(2-4-10)20-12-11-7-22(5-6-23)21-13(11)19-8-18-12/h1-4,7,12-13,18-21,23H,5-6,8H2. The predicted octanol–water partition coefficient (Wildman–Crippen LogP) is 0.496. The molecular weight excluding hydrogens is 327 g/mol. The maximum absolute atomic E-state index is 12.2. The smallest absolute Gasteiger partial charge is 0.406 e. The first-order valence-electron chi connectivity index (χ1n) is 7.39. The number of alkyl halides is 3. The molecule has 7 nitrogen and oxygen atoms in total. The van der Waals surface area contributed by atoms with Gasteiger partial charge in [0.15, 0.2) is 0 Å². The van der Waals surface area contributed by atoms with Crippen molar-refractivity contribution in [1.29, 1.82) is 0 Å². The van der Waals surface area contributed by atoms with Crippen LogP contribution >= 0.6 is 0 Å². The molecule has 1 aromatic rings. The Kier molecular flexibility index (Phi) is 4.81. The van der Waals surface area contributed by atoms with Crippen molar-refractivity contribution in [2.45, 2.75) is 18.7 Å². The summed E-state index contributed by atoms with van der Waals surface area (Å²) in [6, 6.07) is 5.56. The minimum atomic E-state index is -4.70. The molecule has 1 aromatic carbocycles. The summed E-state index contributed by atoms with van der Waals surface area (Å²) in [5.74, 6) is -0.264. The van der Waals surface area contributed by atoms with E-state index in [1.54, 1.807) is 5.01 Å². The normalized spacial score (nSPS) is 23.7. The Hall–Kier alpha value is -2.01. The molecule has 2 aliphatic heterocycles. The lowest BCUT2D eigenvalue weighted by Crippen LogP contribution is -2.59. The summed E-state index contributed by atoms with van der Waals surface area (Å²) in [6.07, 6.45) is -3.07. The van der Waals surface area contributed by atoms with Crippen LogP contribution in [0.1, 0.15) is 0 Å². The van der Waals surface area contributed by atoms with Gasteiger partial charge in [-0.2, -0.15) is 0 Å². The number of fused-ring (bicyclic) bond motifs is 1. The van der Waals surface area contributed by atoms with Crippen LogP contribution in [0.25, 0.3) is 0 Å². The molecule has 5 N–H and O–H groups in total. The zero-order chi connectivity index (χ0) is 17.2. The fourth-order valence-electron chi connectivity index (χ4n) is 2.61. The third kappa shape index (κ3) is 4.09. The summed E-state index contributed by atoms with van der Waals surface area (Å²) in [7, 11) is 0. The van der Waals surface area contributed by atoms with E-state index in [0.717, 1.165) is 5.57 Å². The molecule has 2 aliphatic rings. The van der Waals surface area contributed by atoms with Crippen LogP contribution in [0, 0.1) is 0 Å². The van der Waals surface area contributed by atoms with Crippen molar-refractivity contribution >= 4 is 5.69 Å². The van der Waals surface area contributed by atoms with Gasteiger partial charge in [-0.1, -0.05) is 0 Å². The maximum Gasteiger partial charge on any atom is 0.573 e. The number of anilines is 1. The Morgan fingerprint density at radius 2 is 2.00 bits per heavy atom. The molecule has 0 spiro atoms. The molecule has 10 heteroatoms. The van der Waals surface area contributed by atoms with Crippen LogP contribution in [0.2, 0.25) is 0 Å². The van der Waals surface area contributed by atoms with Crippen molar-refractivity contribution in [2.75, 3.05) is 25.1 Å². The summed E-state index contributed by atoms with van der Waals surface area (Å²) in [6.45, 7) is 1.03. The van der Waals surface area contributed by atoms with Gasteiger partial charge in [-0.25, -0.2) is 5.43 Å². The molecule has 0 amide bonds. The van der Waals surface area contributed by atoms with Gasteiger partial charge in [0.25, 0.3) is 0 Å². The number of rotatable bonds is 5. The number of nitrogens with zero attached hydrogens (tertiary/aromatic N) is 1. The van der Waals surface area contributed by atoms with E-state index in [0.29, 0.717) is 18.9 Å². The highest BCUT2D eigenvalue weighted by Crippen LogP contribution is 2.25. The van der Waals surface area contributed by atoms with Crippen molar-refractivity contribution in [2.24, 2.45) is 0 Å². The number of halogens is 3. The van der Waals surface area contributed by atoms with E-state index in [-0.39, 0.29) is 24.7 Å². The Morgan fingerprint density at radius 1 is 1.25 bits per heavy atom. The molecule has 132 valence electrons. The average Bonchev–Trinajstić information content (AvgIpc) is 2.92. The van der Waals surface area contributed by atoms with E-state index in [1.807, 2.05) is 6.20 Å². The number of nitrogens with one attached hydrogen (secondary N) is 4. The monoisotopic (exact) mass is 345 g/mol. The Bertz CT molecular complexity index is 593. The van der Waals surface area contributed by atoms with E-state index >= 15 is 0 Å². The average molecular weight is 345 g/mol. The van der Waals surface area contributed by atoms with Crippen LogP contribution in [-0.4, -0.2) is 48.6 Å². The molecule has 1 saturated heterocycles. The molecule has 1 fully saturated rings. The Balaban J connectivity index is 1.65. The quantitative estimate of drug-likeness (QED) is 0.532. The van der Waals surface area contributed by atoms with Crippen LogP contribution in [0.15, 0.2) is 36.0 Å². The second-order valence-corrected chi connectivity index (χ2v) is 5.34. The topological polar surface area (TPSA) is 80.8 Å². The summed E-state index contributed by atoms with van der Waals surface area (Å²) in [4.78, 5) is 0. The van der Waals surface area contributed by atoms with Gasteiger partial charge in [-0.3, -0.25) is 10.6 Å². The lowest BCUT2D eigenvalue weighted by molar-refractivity contribution is -0.274. The lowest BCUT2D eigenvalue weighted by Gasteiger charge is -2.32. The highest BCUT2D eigenvalue weighted by atomic mass is 19.4. The van der Waals surface area contributed by atoms with E-state index in [1.165, 1.54) is 24.3 Å². The summed E-state index contributed by atoms with van der Waals surface area (Å²) < 4.78 is 40.4. The fourth-order valence-corrected chi connectivity index (χ4v) is 2.61.